The molecule has 20 heavy (non-hydrogen) atoms. The van der Waals surface area contributed by atoms with Gasteiger partial charge >= 0.3 is 0 Å². The van der Waals surface area contributed by atoms with Crippen LogP contribution in [-0.4, -0.2) is 48.1 Å². The Morgan fingerprint density at radius 2 is 1.80 bits per heavy atom. The molecule has 0 spiro atoms. The number of anilines is 1. The third kappa shape index (κ3) is 3.05. The third-order valence-corrected chi connectivity index (χ3v) is 3.44. The molecule has 5 nitrogen and oxygen atoms in total. The first kappa shape index (κ1) is 12.9. The largest absolute Gasteiger partial charge is 0.454 e. The SMILES string of the molecule is CN1CCN(c2cncc(Oc3cccnc3)c2)CC1. The number of pyridine rings is 2. The Bertz CT molecular complexity index is 553. The van der Waals surface area contributed by atoms with Crippen molar-refractivity contribution in [2.75, 3.05) is 38.1 Å². The summed E-state index contributed by atoms with van der Waals surface area (Å²) in [6.07, 6.45) is 7.04. The molecule has 0 aliphatic carbocycles. The van der Waals surface area contributed by atoms with Crippen LogP contribution < -0.4 is 9.64 Å². The van der Waals surface area contributed by atoms with Gasteiger partial charge in [0.25, 0.3) is 0 Å². The first-order valence-electron chi connectivity index (χ1n) is 6.78. The Morgan fingerprint density at radius 1 is 1.00 bits per heavy atom. The van der Waals surface area contributed by atoms with Gasteiger partial charge in [-0.1, -0.05) is 0 Å². The first-order valence-corrected chi connectivity index (χ1v) is 6.78. The topological polar surface area (TPSA) is 41.5 Å². The van der Waals surface area contributed by atoms with E-state index in [-0.39, 0.29) is 0 Å². The van der Waals surface area contributed by atoms with Gasteiger partial charge in [0.05, 0.1) is 24.3 Å². The summed E-state index contributed by atoms with van der Waals surface area (Å²) in [6.45, 7) is 4.20. The minimum Gasteiger partial charge on any atom is -0.454 e. The molecule has 0 bridgehead atoms. The fourth-order valence-corrected chi connectivity index (χ4v) is 2.24. The average Bonchev–Trinajstić information content (AvgIpc) is 2.49. The fourth-order valence-electron chi connectivity index (χ4n) is 2.24. The molecule has 0 N–H and O–H groups in total. The van der Waals surface area contributed by atoms with Gasteiger partial charge in [-0.25, -0.2) is 0 Å². The Morgan fingerprint density at radius 3 is 2.55 bits per heavy atom. The van der Waals surface area contributed by atoms with Crippen LogP contribution in [0, 0.1) is 0 Å². The summed E-state index contributed by atoms with van der Waals surface area (Å²) in [7, 11) is 2.15. The predicted molar refractivity (Wildman–Crippen MR) is 78.3 cm³/mol. The second-order valence-electron chi connectivity index (χ2n) is 4.96. The van der Waals surface area contributed by atoms with Crippen LogP contribution >= 0.6 is 0 Å². The molecule has 1 fully saturated rings. The molecule has 1 aliphatic rings. The van der Waals surface area contributed by atoms with E-state index in [9.17, 15) is 0 Å². The Hall–Kier alpha value is -2.14. The molecule has 0 unspecified atom stereocenters. The third-order valence-electron chi connectivity index (χ3n) is 3.44. The molecular weight excluding hydrogens is 252 g/mol. The quantitative estimate of drug-likeness (QED) is 0.853. The molecule has 0 aromatic carbocycles. The van der Waals surface area contributed by atoms with Gasteiger partial charge in [0.1, 0.15) is 11.5 Å². The summed E-state index contributed by atoms with van der Waals surface area (Å²) >= 11 is 0. The highest BCUT2D eigenvalue weighted by atomic mass is 16.5. The Balaban J connectivity index is 1.73. The summed E-state index contributed by atoms with van der Waals surface area (Å²) in [5.41, 5.74) is 1.11. The molecule has 2 aromatic rings. The predicted octanol–water partition coefficient (Wildman–Crippen LogP) is 2.02. The van der Waals surface area contributed by atoms with E-state index in [1.807, 2.05) is 24.4 Å². The number of hydrogen-bond acceptors (Lipinski definition) is 5. The number of likely N-dealkylation sites (N-methyl/N-ethyl adjacent to an activating group) is 1. The van der Waals surface area contributed by atoms with E-state index in [1.165, 1.54) is 0 Å². The van der Waals surface area contributed by atoms with Crippen LogP contribution in [0.5, 0.6) is 11.5 Å². The smallest absolute Gasteiger partial charge is 0.147 e. The molecule has 5 heteroatoms. The van der Waals surface area contributed by atoms with Gasteiger partial charge in [0.2, 0.25) is 0 Å². The molecule has 0 atom stereocenters. The normalized spacial score (nSPS) is 16.1. The van der Waals surface area contributed by atoms with Crippen molar-refractivity contribution in [3.63, 3.8) is 0 Å². The molecule has 0 radical (unpaired) electrons. The maximum atomic E-state index is 5.77. The van der Waals surface area contributed by atoms with Crippen LogP contribution in [0.3, 0.4) is 0 Å². The number of piperazine rings is 1. The van der Waals surface area contributed by atoms with Crippen molar-refractivity contribution in [3.8, 4) is 11.5 Å². The number of nitrogens with zero attached hydrogens (tertiary/aromatic N) is 4. The minimum absolute atomic E-state index is 0.727. The van der Waals surface area contributed by atoms with E-state index in [0.29, 0.717) is 0 Å². The average molecular weight is 270 g/mol. The molecule has 1 aliphatic heterocycles. The van der Waals surface area contributed by atoms with Crippen molar-refractivity contribution < 1.29 is 4.74 Å². The maximum absolute atomic E-state index is 5.77. The van der Waals surface area contributed by atoms with Gasteiger partial charge in [0, 0.05) is 38.4 Å². The fraction of sp³-hybridized carbons (Fsp3) is 0.333. The lowest BCUT2D eigenvalue weighted by Gasteiger charge is -2.33. The van der Waals surface area contributed by atoms with Crippen molar-refractivity contribution in [2.45, 2.75) is 0 Å². The van der Waals surface area contributed by atoms with E-state index in [2.05, 4.69) is 26.8 Å². The zero-order chi connectivity index (χ0) is 13.8. The lowest BCUT2D eigenvalue weighted by Crippen LogP contribution is -2.44. The van der Waals surface area contributed by atoms with Crippen molar-refractivity contribution >= 4 is 5.69 Å². The van der Waals surface area contributed by atoms with Crippen LogP contribution in [0.2, 0.25) is 0 Å². The zero-order valence-electron chi connectivity index (χ0n) is 11.6. The van der Waals surface area contributed by atoms with Crippen molar-refractivity contribution in [1.29, 1.82) is 0 Å². The molecule has 0 amide bonds. The standard InChI is InChI=1S/C15H18N4O/c1-18-5-7-19(8-6-18)13-9-15(12-17-10-13)20-14-3-2-4-16-11-14/h2-4,9-12H,5-8H2,1H3. The Labute approximate surface area is 118 Å². The highest BCUT2D eigenvalue weighted by Gasteiger charge is 2.15. The van der Waals surface area contributed by atoms with Crippen LogP contribution in [0.25, 0.3) is 0 Å². The summed E-state index contributed by atoms with van der Waals surface area (Å²) < 4.78 is 5.77. The van der Waals surface area contributed by atoms with Gasteiger partial charge in [0.15, 0.2) is 0 Å². The highest BCUT2D eigenvalue weighted by Crippen LogP contribution is 2.24. The second kappa shape index (κ2) is 5.88. The molecule has 104 valence electrons. The minimum atomic E-state index is 0.727. The second-order valence-corrected chi connectivity index (χ2v) is 4.96. The van der Waals surface area contributed by atoms with Gasteiger partial charge in [-0.2, -0.15) is 0 Å². The van der Waals surface area contributed by atoms with E-state index in [0.717, 1.165) is 43.4 Å². The van der Waals surface area contributed by atoms with Crippen molar-refractivity contribution in [1.82, 2.24) is 14.9 Å². The van der Waals surface area contributed by atoms with E-state index >= 15 is 0 Å². The molecular formula is C15H18N4O. The van der Waals surface area contributed by atoms with Crippen LogP contribution in [0.4, 0.5) is 5.69 Å². The van der Waals surface area contributed by atoms with Gasteiger partial charge < -0.3 is 14.5 Å². The van der Waals surface area contributed by atoms with Crippen molar-refractivity contribution in [2.24, 2.45) is 0 Å². The molecule has 1 saturated heterocycles. The number of aromatic nitrogens is 2. The maximum Gasteiger partial charge on any atom is 0.147 e. The lowest BCUT2D eigenvalue weighted by molar-refractivity contribution is 0.312. The summed E-state index contributed by atoms with van der Waals surface area (Å²) in [4.78, 5) is 13.0. The Kier molecular flexibility index (Phi) is 3.78. The summed E-state index contributed by atoms with van der Waals surface area (Å²) in [5, 5.41) is 0. The number of ether oxygens (including phenoxy) is 1. The highest BCUT2D eigenvalue weighted by molar-refractivity contribution is 5.49. The van der Waals surface area contributed by atoms with E-state index < -0.39 is 0 Å². The van der Waals surface area contributed by atoms with Gasteiger partial charge in [-0.05, 0) is 19.2 Å². The summed E-state index contributed by atoms with van der Waals surface area (Å²) in [6, 6.07) is 5.77. The van der Waals surface area contributed by atoms with Crippen LogP contribution in [0.1, 0.15) is 0 Å². The molecule has 3 rings (SSSR count). The first-order chi connectivity index (χ1) is 9.81. The van der Waals surface area contributed by atoms with Crippen LogP contribution in [-0.2, 0) is 0 Å². The summed E-state index contributed by atoms with van der Waals surface area (Å²) in [5.74, 6) is 1.47. The van der Waals surface area contributed by atoms with Gasteiger partial charge in [-0.15, -0.1) is 0 Å². The van der Waals surface area contributed by atoms with E-state index in [1.54, 1.807) is 18.6 Å². The number of hydrogen-bond donors (Lipinski definition) is 0. The van der Waals surface area contributed by atoms with E-state index in [4.69, 9.17) is 4.74 Å². The number of rotatable bonds is 3. The molecule has 2 aromatic heterocycles. The van der Waals surface area contributed by atoms with Gasteiger partial charge in [-0.3, -0.25) is 9.97 Å². The van der Waals surface area contributed by atoms with Crippen LogP contribution in [0.15, 0.2) is 43.0 Å². The molecule has 0 saturated carbocycles. The monoisotopic (exact) mass is 270 g/mol. The van der Waals surface area contributed by atoms with Crippen molar-refractivity contribution in [3.05, 3.63) is 43.0 Å². The lowest BCUT2D eigenvalue weighted by atomic mass is 10.3. The molecule has 3 heterocycles. The zero-order valence-corrected chi connectivity index (χ0v) is 11.6.